The van der Waals surface area contributed by atoms with Crippen molar-refractivity contribution in [3.63, 3.8) is 0 Å². The normalized spacial score (nSPS) is 12.0. The molecule has 0 aliphatic heterocycles. The molecular weight excluding hydrogens is 424 g/mol. The van der Waals surface area contributed by atoms with E-state index in [1.807, 2.05) is 0 Å². The highest BCUT2D eigenvalue weighted by atomic mass is 14.6. The van der Waals surface area contributed by atoms with Gasteiger partial charge in [0.05, 0.1) is 0 Å². The van der Waals surface area contributed by atoms with Crippen LogP contribution < -0.4 is 11.5 Å². The molecule has 0 aliphatic carbocycles. The zero-order valence-electron chi connectivity index (χ0n) is 24.1. The van der Waals surface area contributed by atoms with Crippen molar-refractivity contribution < 1.29 is 0 Å². The maximum absolute atomic E-state index is 6.71. The van der Waals surface area contributed by atoms with E-state index < -0.39 is 0 Å². The molecule has 0 spiro atoms. The maximum atomic E-state index is 6.71. The van der Waals surface area contributed by atoms with Crippen molar-refractivity contribution >= 4 is 11.4 Å². The summed E-state index contributed by atoms with van der Waals surface area (Å²) in [6.45, 7) is 18.4. The van der Waals surface area contributed by atoms with E-state index in [2.05, 4.69) is 79.7 Å². The molecule has 0 unspecified atom stereocenters. The van der Waals surface area contributed by atoms with Gasteiger partial charge >= 0.3 is 0 Å². The molecule has 4 N–H and O–H groups in total. The summed E-state index contributed by atoms with van der Waals surface area (Å²) < 4.78 is 0. The zero-order valence-corrected chi connectivity index (χ0v) is 24.1. The number of hydrogen-bond donors (Lipinski definition) is 2. The number of hydrogen-bond acceptors (Lipinski definition) is 2. The second kappa shape index (κ2) is 14.0. The summed E-state index contributed by atoms with van der Waals surface area (Å²) in [5.74, 6) is 2.73. The molecule has 0 amide bonds. The molecule has 2 aromatic rings. The van der Waals surface area contributed by atoms with Crippen molar-refractivity contribution in [2.75, 3.05) is 11.5 Å². The molecule has 0 aliphatic rings. The fourth-order valence-corrected chi connectivity index (χ4v) is 4.75. The molecule has 196 valence electrons. The number of nitrogens with two attached hydrogens (primary N) is 2. The third kappa shape index (κ3) is 9.90. The smallest absolute Gasteiger partial charge is 0.0379 e. The number of rotatable bonds is 14. The first kappa shape index (κ1) is 29.3. The largest absolute Gasteiger partial charge is 0.398 e. The Morgan fingerprint density at radius 1 is 0.457 bits per heavy atom. The van der Waals surface area contributed by atoms with Gasteiger partial charge in [0.25, 0.3) is 0 Å². The minimum atomic E-state index is 0.682. The molecule has 0 bridgehead atoms. The van der Waals surface area contributed by atoms with Crippen LogP contribution >= 0.6 is 0 Å². The summed E-state index contributed by atoms with van der Waals surface area (Å²) >= 11 is 0. The third-order valence-electron chi connectivity index (χ3n) is 7.19. The highest BCUT2D eigenvalue weighted by Gasteiger charge is 2.14. The monoisotopic (exact) mass is 478 g/mol. The van der Waals surface area contributed by atoms with Gasteiger partial charge < -0.3 is 11.5 Å². The van der Waals surface area contributed by atoms with E-state index in [0.717, 1.165) is 43.5 Å². The van der Waals surface area contributed by atoms with Gasteiger partial charge in [0.1, 0.15) is 0 Å². The average molecular weight is 479 g/mol. The zero-order chi connectivity index (χ0) is 26.1. The molecule has 0 aromatic heterocycles. The molecule has 0 radical (unpaired) electrons. The van der Waals surface area contributed by atoms with Crippen LogP contribution in [0.1, 0.15) is 114 Å². The Hall–Kier alpha value is -1.96. The SMILES string of the molecule is CC(C)CCc1cc(Cc2cc(CCC(C)C)c(N)c(CCC(C)C)c2)cc(CCC(C)C)c1N. The van der Waals surface area contributed by atoms with Crippen LogP contribution in [0.25, 0.3) is 0 Å². The van der Waals surface area contributed by atoms with Crippen molar-refractivity contribution in [3.05, 3.63) is 57.6 Å². The molecule has 0 saturated heterocycles. The average Bonchev–Trinajstić information content (AvgIpc) is 2.76. The first-order chi connectivity index (χ1) is 16.5. The van der Waals surface area contributed by atoms with Crippen LogP contribution in [-0.2, 0) is 32.1 Å². The standard InChI is InChI=1S/C33H54N2/c1-22(2)9-13-28-18-26(19-29(32(28)34)14-10-23(3)4)17-27-20-30(15-11-24(5)6)33(35)31(21-27)16-12-25(7)8/h18-25H,9-17,34-35H2,1-8H3. The van der Waals surface area contributed by atoms with Crippen LogP contribution in [0.4, 0.5) is 11.4 Å². The molecule has 2 aromatic carbocycles. The molecule has 2 nitrogen and oxygen atoms in total. The van der Waals surface area contributed by atoms with E-state index in [0.29, 0.717) is 23.7 Å². The summed E-state index contributed by atoms with van der Waals surface area (Å²) in [5, 5.41) is 0. The van der Waals surface area contributed by atoms with E-state index in [4.69, 9.17) is 11.5 Å². The van der Waals surface area contributed by atoms with Gasteiger partial charge in [-0.25, -0.2) is 0 Å². The predicted octanol–water partition coefficient (Wildman–Crippen LogP) is 8.80. The molecule has 0 heterocycles. The van der Waals surface area contributed by atoms with Gasteiger partial charge in [-0.3, -0.25) is 0 Å². The second-order valence-corrected chi connectivity index (χ2v) is 12.6. The Morgan fingerprint density at radius 2 is 0.686 bits per heavy atom. The minimum absolute atomic E-state index is 0.682. The van der Waals surface area contributed by atoms with Crippen molar-refractivity contribution in [3.8, 4) is 0 Å². The molecule has 0 atom stereocenters. The summed E-state index contributed by atoms with van der Waals surface area (Å²) in [4.78, 5) is 0. The van der Waals surface area contributed by atoms with Crippen LogP contribution in [0.3, 0.4) is 0 Å². The van der Waals surface area contributed by atoms with Gasteiger partial charge in [-0.05, 0) is 115 Å². The number of benzene rings is 2. The summed E-state index contributed by atoms with van der Waals surface area (Å²) in [6, 6.07) is 9.53. The third-order valence-corrected chi connectivity index (χ3v) is 7.19. The van der Waals surface area contributed by atoms with Gasteiger partial charge in [-0.1, -0.05) is 79.7 Å². The van der Waals surface area contributed by atoms with Crippen molar-refractivity contribution in [1.82, 2.24) is 0 Å². The summed E-state index contributed by atoms with van der Waals surface area (Å²) in [5.41, 5.74) is 23.6. The topological polar surface area (TPSA) is 52.0 Å². The highest BCUT2D eigenvalue weighted by Crippen LogP contribution is 2.30. The van der Waals surface area contributed by atoms with Crippen molar-refractivity contribution in [1.29, 1.82) is 0 Å². The lowest BCUT2D eigenvalue weighted by Gasteiger charge is -2.18. The van der Waals surface area contributed by atoms with Crippen LogP contribution in [0.5, 0.6) is 0 Å². The van der Waals surface area contributed by atoms with Crippen LogP contribution in [0.2, 0.25) is 0 Å². The molecule has 0 saturated carbocycles. The lowest BCUT2D eigenvalue weighted by Crippen LogP contribution is -2.07. The second-order valence-electron chi connectivity index (χ2n) is 12.6. The first-order valence-electron chi connectivity index (χ1n) is 14.3. The maximum Gasteiger partial charge on any atom is 0.0379 e. The summed E-state index contributed by atoms with van der Waals surface area (Å²) in [6.07, 6.45) is 9.92. The Morgan fingerprint density at radius 3 is 0.886 bits per heavy atom. The predicted molar refractivity (Wildman–Crippen MR) is 157 cm³/mol. The van der Waals surface area contributed by atoms with Crippen LogP contribution in [0.15, 0.2) is 24.3 Å². The summed E-state index contributed by atoms with van der Waals surface area (Å²) in [7, 11) is 0. The molecule has 2 heteroatoms. The van der Waals surface area contributed by atoms with Gasteiger partial charge in [0.15, 0.2) is 0 Å². The Bertz CT molecular complexity index is 779. The molecule has 35 heavy (non-hydrogen) atoms. The fourth-order valence-electron chi connectivity index (χ4n) is 4.75. The number of anilines is 2. The Kier molecular flexibility index (Phi) is 11.7. The van der Waals surface area contributed by atoms with Crippen LogP contribution in [0, 0.1) is 23.7 Å². The van der Waals surface area contributed by atoms with Crippen molar-refractivity contribution in [2.45, 2.75) is 113 Å². The van der Waals surface area contributed by atoms with Gasteiger partial charge in [-0.15, -0.1) is 0 Å². The van der Waals surface area contributed by atoms with E-state index in [9.17, 15) is 0 Å². The lowest BCUT2D eigenvalue weighted by atomic mass is 9.89. The van der Waals surface area contributed by atoms with Crippen molar-refractivity contribution in [2.24, 2.45) is 23.7 Å². The molecule has 0 fully saturated rings. The lowest BCUT2D eigenvalue weighted by molar-refractivity contribution is 0.582. The van der Waals surface area contributed by atoms with Gasteiger partial charge in [-0.2, -0.15) is 0 Å². The number of nitrogen functional groups attached to an aromatic ring is 2. The quantitative estimate of drug-likeness (QED) is 0.266. The Balaban J connectivity index is 2.43. The minimum Gasteiger partial charge on any atom is -0.398 e. The van der Waals surface area contributed by atoms with Crippen LogP contribution in [-0.4, -0.2) is 0 Å². The van der Waals surface area contributed by atoms with E-state index in [1.54, 1.807) is 0 Å². The molecule has 2 rings (SSSR count). The highest BCUT2D eigenvalue weighted by molar-refractivity contribution is 5.59. The molecular formula is C33H54N2. The van der Waals surface area contributed by atoms with E-state index in [1.165, 1.54) is 59.1 Å². The van der Waals surface area contributed by atoms with Gasteiger partial charge in [0.2, 0.25) is 0 Å². The first-order valence-corrected chi connectivity index (χ1v) is 14.3. The Labute approximate surface area is 217 Å². The fraction of sp³-hybridized carbons (Fsp3) is 0.636. The van der Waals surface area contributed by atoms with Gasteiger partial charge in [0, 0.05) is 11.4 Å². The number of aryl methyl sites for hydroxylation is 4. The van der Waals surface area contributed by atoms with E-state index in [-0.39, 0.29) is 0 Å². The van der Waals surface area contributed by atoms with E-state index >= 15 is 0 Å².